The molecule has 1 saturated carbocycles. The fourth-order valence-corrected chi connectivity index (χ4v) is 7.46. The number of amides is 1. The Labute approximate surface area is 196 Å². The van der Waals surface area contributed by atoms with Crippen molar-refractivity contribution >= 4 is 38.2 Å². The van der Waals surface area contributed by atoms with Crippen LogP contribution in [-0.2, 0) is 19.6 Å². The fraction of sp³-hybridized carbons (Fsp3) is 0.435. The van der Waals surface area contributed by atoms with Crippen molar-refractivity contribution in [3.8, 4) is 10.6 Å². The van der Waals surface area contributed by atoms with Crippen LogP contribution in [0.15, 0.2) is 46.9 Å². The summed E-state index contributed by atoms with van der Waals surface area (Å²) in [5, 5.41) is 1.68. The summed E-state index contributed by atoms with van der Waals surface area (Å²) in [4.78, 5) is 22.9. The summed E-state index contributed by atoms with van der Waals surface area (Å²) in [7, 11) is -3.64. The number of hydrogen-bond donors (Lipinski definition) is 0. The van der Waals surface area contributed by atoms with Crippen LogP contribution in [0.4, 0.5) is 0 Å². The third-order valence-electron chi connectivity index (χ3n) is 6.83. The van der Waals surface area contributed by atoms with Gasteiger partial charge in [0, 0.05) is 36.3 Å². The molecule has 8 nitrogen and oxygen atoms in total. The van der Waals surface area contributed by atoms with Crippen LogP contribution in [-0.4, -0.2) is 71.4 Å². The minimum atomic E-state index is -3.64. The maximum absolute atomic E-state index is 13.3. The van der Waals surface area contributed by atoms with Gasteiger partial charge in [-0.3, -0.25) is 9.78 Å². The topological polar surface area (TPSA) is 92.7 Å². The van der Waals surface area contributed by atoms with Gasteiger partial charge in [0.15, 0.2) is 4.21 Å². The zero-order chi connectivity index (χ0) is 22.6. The number of morpholine rings is 1. The number of carbonyl (C=O) groups excluding carboxylic acids is 1. The molecule has 172 valence electrons. The minimum Gasteiger partial charge on any atom is -0.363 e. The standard InChI is InChI=1S/C23H24N4O4S2/c28-20-14-31-23(15-27(20)18-5-6-18)7-10-26(11-8-23)33(29,30)21-13-25-22(32-21)17-4-3-16-2-1-9-24-19(16)12-17/h1-4,9,12-13,18H,5-8,10-11,14-15H2. The van der Waals surface area contributed by atoms with Gasteiger partial charge < -0.3 is 9.64 Å². The maximum atomic E-state index is 13.3. The van der Waals surface area contributed by atoms with Gasteiger partial charge in [-0.1, -0.05) is 18.2 Å². The summed E-state index contributed by atoms with van der Waals surface area (Å²) in [5.41, 5.74) is 1.27. The van der Waals surface area contributed by atoms with Gasteiger partial charge in [0.1, 0.15) is 11.6 Å². The van der Waals surface area contributed by atoms with Gasteiger partial charge in [-0.05, 0) is 37.8 Å². The van der Waals surface area contributed by atoms with E-state index in [0.717, 1.165) is 29.3 Å². The van der Waals surface area contributed by atoms with Gasteiger partial charge in [0.2, 0.25) is 5.91 Å². The van der Waals surface area contributed by atoms with E-state index in [2.05, 4.69) is 9.97 Å². The van der Waals surface area contributed by atoms with Gasteiger partial charge in [0.25, 0.3) is 10.0 Å². The number of benzene rings is 1. The van der Waals surface area contributed by atoms with Gasteiger partial charge in [-0.2, -0.15) is 4.31 Å². The lowest BCUT2D eigenvalue weighted by molar-refractivity contribution is -0.170. The molecule has 2 saturated heterocycles. The molecule has 6 rings (SSSR count). The maximum Gasteiger partial charge on any atom is 0.254 e. The van der Waals surface area contributed by atoms with Gasteiger partial charge in [-0.25, -0.2) is 13.4 Å². The lowest BCUT2D eigenvalue weighted by Crippen LogP contribution is -2.59. The van der Waals surface area contributed by atoms with E-state index in [-0.39, 0.29) is 16.7 Å². The highest BCUT2D eigenvalue weighted by atomic mass is 32.2. The highest BCUT2D eigenvalue weighted by molar-refractivity contribution is 7.91. The van der Waals surface area contributed by atoms with E-state index in [1.165, 1.54) is 21.8 Å². The summed E-state index contributed by atoms with van der Waals surface area (Å²) >= 11 is 1.18. The number of hydrogen-bond acceptors (Lipinski definition) is 7. The molecule has 33 heavy (non-hydrogen) atoms. The molecule has 3 fully saturated rings. The van der Waals surface area contributed by atoms with Crippen LogP contribution < -0.4 is 0 Å². The zero-order valence-electron chi connectivity index (χ0n) is 18.0. The van der Waals surface area contributed by atoms with Crippen molar-refractivity contribution in [1.29, 1.82) is 0 Å². The van der Waals surface area contributed by atoms with E-state index in [9.17, 15) is 13.2 Å². The largest absolute Gasteiger partial charge is 0.363 e. The Morgan fingerprint density at radius 3 is 2.73 bits per heavy atom. The molecule has 0 atom stereocenters. The second-order valence-electron chi connectivity index (χ2n) is 9.02. The first kappa shape index (κ1) is 21.2. The quantitative estimate of drug-likeness (QED) is 0.565. The van der Waals surface area contributed by atoms with E-state index in [0.29, 0.717) is 43.5 Å². The molecular weight excluding hydrogens is 460 g/mol. The Balaban J connectivity index is 1.18. The molecule has 2 aromatic heterocycles. The molecule has 0 unspecified atom stereocenters. The third-order valence-corrected chi connectivity index (χ3v) is 10.2. The molecule has 0 radical (unpaired) electrons. The van der Waals surface area contributed by atoms with Crippen LogP contribution in [0.3, 0.4) is 0 Å². The van der Waals surface area contributed by atoms with Crippen molar-refractivity contribution in [3.63, 3.8) is 0 Å². The van der Waals surface area contributed by atoms with Crippen molar-refractivity contribution in [3.05, 3.63) is 42.7 Å². The first-order chi connectivity index (χ1) is 15.9. The van der Waals surface area contributed by atoms with Crippen LogP contribution >= 0.6 is 11.3 Å². The molecule has 4 heterocycles. The van der Waals surface area contributed by atoms with E-state index in [4.69, 9.17) is 4.74 Å². The van der Waals surface area contributed by atoms with Crippen molar-refractivity contribution in [2.24, 2.45) is 0 Å². The summed E-state index contributed by atoms with van der Waals surface area (Å²) < 4.78 is 34.4. The van der Waals surface area contributed by atoms with Crippen LogP contribution in [0.2, 0.25) is 0 Å². The van der Waals surface area contributed by atoms with E-state index in [1.54, 1.807) is 6.20 Å². The zero-order valence-corrected chi connectivity index (χ0v) is 19.6. The van der Waals surface area contributed by atoms with Crippen LogP contribution in [0.25, 0.3) is 21.5 Å². The number of carbonyl (C=O) groups is 1. The third kappa shape index (κ3) is 3.84. The predicted molar refractivity (Wildman–Crippen MR) is 124 cm³/mol. The average molecular weight is 485 g/mol. The van der Waals surface area contributed by atoms with Crippen LogP contribution in [0.1, 0.15) is 25.7 Å². The SMILES string of the molecule is O=C1COC2(CCN(S(=O)(=O)c3cnc(-c4ccc5cccnc5c4)s3)CC2)CN1C1CC1. The first-order valence-electron chi connectivity index (χ1n) is 11.2. The molecular formula is C23H24N4O4S2. The monoisotopic (exact) mass is 484 g/mol. The van der Waals surface area contributed by atoms with E-state index < -0.39 is 15.6 Å². The number of sulfonamides is 1. The number of thiazole rings is 1. The number of piperidine rings is 1. The number of fused-ring (bicyclic) bond motifs is 1. The highest BCUT2D eigenvalue weighted by Crippen LogP contribution is 2.38. The first-order valence-corrected chi connectivity index (χ1v) is 13.4. The summed E-state index contributed by atoms with van der Waals surface area (Å²) in [5.74, 6) is 0.0549. The molecule has 3 aliphatic rings. The van der Waals surface area contributed by atoms with Gasteiger partial charge in [0.05, 0.1) is 23.9 Å². The molecule has 10 heteroatoms. The predicted octanol–water partition coefficient (Wildman–Crippen LogP) is 2.90. The second-order valence-corrected chi connectivity index (χ2v) is 12.2. The van der Waals surface area contributed by atoms with Gasteiger partial charge in [-0.15, -0.1) is 11.3 Å². The molecule has 1 spiro atoms. The Hall–Kier alpha value is -2.40. The van der Waals surface area contributed by atoms with Crippen molar-refractivity contribution in [1.82, 2.24) is 19.2 Å². The van der Waals surface area contributed by atoms with Crippen molar-refractivity contribution < 1.29 is 17.9 Å². The molecule has 0 bridgehead atoms. The molecule has 1 aliphatic carbocycles. The molecule has 1 aromatic carbocycles. The molecule has 2 aliphatic heterocycles. The number of ether oxygens (including phenoxy) is 1. The number of nitrogens with zero attached hydrogens (tertiary/aromatic N) is 4. The van der Waals surface area contributed by atoms with Crippen molar-refractivity contribution in [2.45, 2.75) is 41.5 Å². The number of pyridine rings is 1. The number of aromatic nitrogens is 2. The Bertz CT molecular complexity index is 1330. The number of rotatable bonds is 4. The second kappa shape index (κ2) is 7.83. The van der Waals surface area contributed by atoms with E-state index in [1.807, 2.05) is 35.2 Å². The normalized spacial score (nSPS) is 21.7. The molecule has 3 aromatic rings. The van der Waals surface area contributed by atoms with Crippen molar-refractivity contribution in [2.75, 3.05) is 26.2 Å². The lowest BCUT2D eigenvalue weighted by Gasteiger charge is -2.46. The Morgan fingerprint density at radius 1 is 1.12 bits per heavy atom. The summed E-state index contributed by atoms with van der Waals surface area (Å²) in [6.45, 7) is 1.43. The van der Waals surface area contributed by atoms with Crippen LogP contribution in [0, 0.1) is 0 Å². The highest BCUT2D eigenvalue weighted by Gasteiger charge is 2.47. The smallest absolute Gasteiger partial charge is 0.254 e. The molecule has 1 amide bonds. The average Bonchev–Trinajstić information content (AvgIpc) is 3.55. The summed E-state index contributed by atoms with van der Waals surface area (Å²) in [6.07, 6.45) is 6.48. The van der Waals surface area contributed by atoms with Crippen LogP contribution in [0.5, 0.6) is 0 Å². The minimum absolute atomic E-state index is 0.0549. The Morgan fingerprint density at radius 2 is 1.94 bits per heavy atom. The lowest BCUT2D eigenvalue weighted by atomic mass is 9.90. The fourth-order valence-electron chi connectivity index (χ4n) is 4.74. The molecule has 0 N–H and O–H groups in total. The van der Waals surface area contributed by atoms with Gasteiger partial charge >= 0.3 is 0 Å². The Kier molecular flexibility index (Phi) is 5.02. The van der Waals surface area contributed by atoms with E-state index >= 15 is 0 Å². The summed E-state index contributed by atoms with van der Waals surface area (Å²) in [6, 6.07) is 10.1.